The van der Waals surface area contributed by atoms with Crippen LogP contribution in [0.4, 0.5) is 0 Å². The van der Waals surface area contributed by atoms with Crippen LogP contribution in [0.1, 0.15) is 81.6 Å². The third kappa shape index (κ3) is 9.67. The molecule has 0 amide bonds. The maximum atomic E-state index is 14.2. The molecule has 0 radical (unpaired) electrons. The number of ether oxygens (including phenoxy) is 2. The van der Waals surface area contributed by atoms with Crippen molar-refractivity contribution in [3.63, 3.8) is 0 Å². The van der Waals surface area contributed by atoms with Crippen molar-refractivity contribution in [2.75, 3.05) is 20.3 Å². The standard InChI is InChI=1S/C44H70O7Si3/c1-16-32-48-40(46)44(39(45)47-11)31-30-37(50-52(12,13)41(2,3)4)36(38(44)51-53(14,15)42(5,6)7)29-23-24-33-49-54(43(8,9)10,34-25-19-17-20-26-34)35-27-21-18-22-28-35/h16-22,25-28,30-31,36-38H,1,23-24,29,32-33H2,2-15H3/t36-,37+,38-,44-/m0/s1. The lowest BCUT2D eigenvalue weighted by molar-refractivity contribution is -0.178. The molecular weight excluding hydrogens is 725 g/mol. The molecule has 4 atom stereocenters. The molecule has 0 unspecified atom stereocenters. The van der Waals surface area contributed by atoms with Crippen LogP contribution < -0.4 is 10.4 Å². The van der Waals surface area contributed by atoms with Crippen molar-refractivity contribution in [3.8, 4) is 0 Å². The summed E-state index contributed by atoms with van der Waals surface area (Å²) in [5.41, 5.74) is -1.81. The van der Waals surface area contributed by atoms with E-state index in [1.54, 1.807) is 6.08 Å². The summed E-state index contributed by atoms with van der Waals surface area (Å²) in [6.07, 6.45) is 5.99. The van der Waals surface area contributed by atoms with Crippen molar-refractivity contribution < 1.29 is 32.3 Å². The Bertz CT molecular complexity index is 1530. The second kappa shape index (κ2) is 17.7. The molecule has 0 fully saturated rings. The molecule has 1 aliphatic carbocycles. The normalized spacial score (nSPS) is 21.4. The number of rotatable bonds is 16. The van der Waals surface area contributed by atoms with Crippen LogP contribution in [0.25, 0.3) is 0 Å². The van der Waals surface area contributed by atoms with Gasteiger partial charge in [-0.3, -0.25) is 9.59 Å². The predicted molar refractivity (Wildman–Crippen MR) is 230 cm³/mol. The average Bonchev–Trinajstić information content (AvgIpc) is 3.08. The number of benzene rings is 2. The lowest BCUT2D eigenvalue weighted by Crippen LogP contribution is -2.66. The molecule has 0 bridgehead atoms. The molecule has 1 aliphatic rings. The van der Waals surface area contributed by atoms with E-state index in [1.807, 2.05) is 6.08 Å². The smallest absolute Gasteiger partial charge is 0.330 e. The number of carbonyl (C=O) groups is 2. The zero-order valence-electron chi connectivity index (χ0n) is 35.8. The third-order valence-electron chi connectivity index (χ3n) is 12.1. The molecule has 2 aromatic rings. The van der Waals surface area contributed by atoms with E-state index < -0.39 is 48.4 Å². The average molecular weight is 795 g/mol. The van der Waals surface area contributed by atoms with Gasteiger partial charge >= 0.3 is 11.9 Å². The molecule has 10 heteroatoms. The van der Waals surface area contributed by atoms with Gasteiger partial charge in [0.25, 0.3) is 8.32 Å². The molecule has 0 N–H and O–H groups in total. The summed E-state index contributed by atoms with van der Waals surface area (Å²) in [4.78, 5) is 28.3. The summed E-state index contributed by atoms with van der Waals surface area (Å²) >= 11 is 0. The van der Waals surface area contributed by atoms with E-state index in [0.717, 1.165) is 12.8 Å². The van der Waals surface area contributed by atoms with E-state index in [-0.39, 0.29) is 33.7 Å². The molecule has 0 spiro atoms. The number of unbranched alkanes of at least 4 members (excludes halogenated alkanes) is 1. The number of carbonyl (C=O) groups excluding carboxylic acids is 2. The minimum atomic E-state index is -2.72. The zero-order chi connectivity index (χ0) is 40.8. The van der Waals surface area contributed by atoms with E-state index in [4.69, 9.17) is 22.8 Å². The highest BCUT2D eigenvalue weighted by molar-refractivity contribution is 6.99. The fourth-order valence-electron chi connectivity index (χ4n) is 6.97. The van der Waals surface area contributed by atoms with E-state index in [0.29, 0.717) is 13.0 Å². The van der Waals surface area contributed by atoms with Gasteiger partial charge in [0.05, 0.1) is 19.3 Å². The van der Waals surface area contributed by atoms with Crippen LogP contribution in [-0.4, -0.2) is 69.4 Å². The fourth-order valence-corrected chi connectivity index (χ4v) is 14.2. The Balaban J connectivity index is 2.11. The summed E-state index contributed by atoms with van der Waals surface area (Å²) < 4.78 is 32.8. The minimum Gasteiger partial charge on any atom is -0.468 e. The SMILES string of the molecule is C=CCOC(=O)[C@@]1(C(=O)OC)C=C[C@@H](O[Si](C)(C)C(C)(C)C)[C@H](CCCCO[Si](c2ccccc2)(c2ccccc2)C(C)(C)C)[C@@H]1O[Si](C)(C)C(C)(C)C. The monoisotopic (exact) mass is 794 g/mol. The van der Waals surface area contributed by atoms with E-state index >= 15 is 0 Å². The maximum absolute atomic E-state index is 14.2. The first-order chi connectivity index (χ1) is 24.9. The summed E-state index contributed by atoms with van der Waals surface area (Å²) in [7, 11) is -6.32. The highest BCUT2D eigenvalue weighted by Gasteiger charge is 2.62. The lowest BCUT2D eigenvalue weighted by atomic mass is 9.68. The Morgan fingerprint density at radius 3 is 1.69 bits per heavy atom. The van der Waals surface area contributed by atoms with Gasteiger partial charge in [-0.25, -0.2) is 0 Å². The minimum absolute atomic E-state index is 0.0353. The fraction of sp³-hybridized carbons (Fsp3) is 0.591. The van der Waals surface area contributed by atoms with Gasteiger partial charge in [0, 0.05) is 12.5 Å². The summed E-state index contributed by atoms with van der Waals surface area (Å²) in [6, 6.07) is 21.4. The Kier molecular flexibility index (Phi) is 15.0. The summed E-state index contributed by atoms with van der Waals surface area (Å²) in [5.74, 6) is -1.73. The first-order valence-corrected chi connectivity index (χ1v) is 27.3. The van der Waals surface area contributed by atoms with Crippen molar-refractivity contribution in [2.24, 2.45) is 11.3 Å². The molecule has 54 heavy (non-hydrogen) atoms. The molecular formula is C44H70O7Si3. The van der Waals surface area contributed by atoms with Crippen molar-refractivity contribution in [1.29, 1.82) is 0 Å². The van der Waals surface area contributed by atoms with Crippen LogP contribution >= 0.6 is 0 Å². The van der Waals surface area contributed by atoms with Crippen LogP contribution in [-0.2, 0) is 32.3 Å². The van der Waals surface area contributed by atoms with Gasteiger partial charge < -0.3 is 22.8 Å². The number of esters is 2. The lowest BCUT2D eigenvalue weighted by Gasteiger charge is -2.51. The predicted octanol–water partition coefficient (Wildman–Crippen LogP) is 9.59. The maximum Gasteiger partial charge on any atom is 0.330 e. The van der Waals surface area contributed by atoms with Gasteiger partial charge in [-0.2, -0.15) is 0 Å². The molecule has 0 heterocycles. The Labute approximate surface area is 330 Å². The van der Waals surface area contributed by atoms with Gasteiger partial charge in [-0.05, 0) is 64.5 Å². The van der Waals surface area contributed by atoms with Crippen LogP contribution in [0.5, 0.6) is 0 Å². The molecule has 2 aromatic carbocycles. The molecule has 0 saturated carbocycles. The van der Waals surface area contributed by atoms with E-state index in [2.05, 4.69) is 156 Å². The largest absolute Gasteiger partial charge is 0.468 e. The molecule has 300 valence electrons. The van der Waals surface area contributed by atoms with Gasteiger partial charge in [-0.15, -0.1) is 0 Å². The summed E-state index contributed by atoms with van der Waals surface area (Å²) in [6.45, 7) is 33.0. The Morgan fingerprint density at radius 2 is 1.24 bits per heavy atom. The molecule has 0 aromatic heterocycles. The van der Waals surface area contributed by atoms with E-state index in [9.17, 15) is 9.59 Å². The third-order valence-corrected chi connectivity index (χ3v) is 26.1. The topological polar surface area (TPSA) is 80.3 Å². The molecule has 7 nitrogen and oxygen atoms in total. The van der Waals surface area contributed by atoms with Gasteiger partial charge in [-0.1, -0.05) is 154 Å². The first-order valence-electron chi connectivity index (χ1n) is 19.6. The van der Waals surface area contributed by atoms with E-state index in [1.165, 1.54) is 23.6 Å². The molecule has 0 aliphatic heterocycles. The quantitative estimate of drug-likeness (QED) is 0.0551. The number of methoxy groups -OCH3 is 1. The van der Waals surface area contributed by atoms with Gasteiger partial charge in [0.15, 0.2) is 16.6 Å². The van der Waals surface area contributed by atoms with Crippen molar-refractivity contribution in [1.82, 2.24) is 0 Å². The first kappa shape index (κ1) is 45.8. The van der Waals surface area contributed by atoms with Gasteiger partial charge in [0.2, 0.25) is 5.41 Å². The zero-order valence-corrected chi connectivity index (χ0v) is 38.8. The highest BCUT2D eigenvalue weighted by Crippen LogP contribution is 2.49. The van der Waals surface area contributed by atoms with Crippen LogP contribution in [0.2, 0.25) is 41.3 Å². The highest BCUT2D eigenvalue weighted by atomic mass is 28.4. The second-order valence-electron chi connectivity index (χ2n) is 18.9. The van der Waals surface area contributed by atoms with Crippen LogP contribution in [0.3, 0.4) is 0 Å². The molecule has 0 saturated heterocycles. The van der Waals surface area contributed by atoms with Crippen molar-refractivity contribution in [3.05, 3.63) is 85.5 Å². The van der Waals surface area contributed by atoms with Crippen LogP contribution in [0, 0.1) is 11.3 Å². The Hall–Kier alpha value is -2.61. The second-order valence-corrected chi connectivity index (χ2v) is 32.7. The molecule has 3 rings (SSSR count). The number of hydrogen-bond donors (Lipinski definition) is 0. The van der Waals surface area contributed by atoms with Crippen molar-refractivity contribution >= 4 is 47.3 Å². The van der Waals surface area contributed by atoms with Gasteiger partial charge in [0.1, 0.15) is 6.61 Å². The summed E-state index contributed by atoms with van der Waals surface area (Å²) in [5, 5.41) is 2.08. The Morgan fingerprint density at radius 1 is 0.741 bits per heavy atom. The van der Waals surface area contributed by atoms with Crippen molar-refractivity contribution in [2.45, 2.75) is 135 Å². The number of hydrogen-bond acceptors (Lipinski definition) is 7. The van der Waals surface area contributed by atoms with Crippen LogP contribution in [0.15, 0.2) is 85.5 Å².